The van der Waals surface area contributed by atoms with E-state index in [4.69, 9.17) is 9.47 Å². The van der Waals surface area contributed by atoms with E-state index in [1.807, 2.05) is 37.3 Å². The molecule has 1 heterocycles. The van der Waals surface area contributed by atoms with Crippen LogP contribution in [0.1, 0.15) is 17.3 Å². The highest BCUT2D eigenvalue weighted by atomic mass is 16.5. The van der Waals surface area contributed by atoms with E-state index in [0.29, 0.717) is 17.9 Å². The van der Waals surface area contributed by atoms with Gasteiger partial charge in [-0.05, 0) is 31.2 Å². The lowest BCUT2D eigenvalue weighted by Crippen LogP contribution is -2.35. The highest BCUT2D eigenvalue weighted by Gasteiger charge is 2.16. The Labute approximate surface area is 123 Å². The molecule has 0 fully saturated rings. The number of benzene rings is 1. The van der Waals surface area contributed by atoms with Gasteiger partial charge in [0.1, 0.15) is 11.3 Å². The highest BCUT2D eigenvalue weighted by molar-refractivity contribution is 5.96. The molecule has 2 rings (SSSR count). The Morgan fingerprint density at radius 1 is 1.24 bits per heavy atom. The second kappa shape index (κ2) is 7.40. The number of carbonyl (C=O) groups excluding carboxylic acids is 1. The van der Waals surface area contributed by atoms with Gasteiger partial charge in [-0.1, -0.05) is 18.2 Å². The van der Waals surface area contributed by atoms with E-state index >= 15 is 0 Å². The van der Waals surface area contributed by atoms with Crippen LogP contribution in [-0.2, 0) is 4.74 Å². The summed E-state index contributed by atoms with van der Waals surface area (Å²) >= 11 is 0. The number of amides is 1. The summed E-state index contributed by atoms with van der Waals surface area (Å²) in [7, 11) is 1.59. The lowest BCUT2D eigenvalue weighted by Gasteiger charge is -2.14. The first-order valence-electron chi connectivity index (χ1n) is 6.68. The van der Waals surface area contributed by atoms with Crippen molar-refractivity contribution < 1.29 is 14.3 Å². The first kappa shape index (κ1) is 15.0. The van der Waals surface area contributed by atoms with Crippen LogP contribution in [0, 0.1) is 0 Å². The van der Waals surface area contributed by atoms with Crippen molar-refractivity contribution in [3.8, 4) is 11.6 Å². The normalized spacial score (nSPS) is 11.7. The number of nitrogens with zero attached hydrogens (tertiary/aromatic N) is 1. The smallest absolute Gasteiger partial charge is 0.257 e. The molecule has 5 nitrogen and oxygen atoms in total. The summed E-state index contributed by atoms with van der Waals surface area (Å²) in [4.78, 5) is 16.4. The molecule has 21 heavy (non-hydrogen) atoms. The van der Waals surface area contributed by atoms with Gasteiger partial charge in [-0.3, -0.25) is 4.79 Å². The molecular formula is C16H18N2O3. The Morgan fingerprint density at radius 2 is 2.00 bits per heavy atom. The molecule has 1 amide bonds. The number of para-hydroxylation sites is 1. The average molecular weight is 286 g/mol. The van der Waals surface area contributed by atoms with Gasteiger partial charge in [0.2, 0.25) is 5.88 Å². The summed E-state index contributed by atoms with van der Waals surface area (Å²) in [5, 5.41) is 2.84. The van der Waals surface area contributed by atoms with Crippen LogP contribution in [-0.4, -0.2) is 30.6 Å². The van der Waals surface area contributed by atoms with E-state index < -0.39 is 0 Å². The van der Waals surface area contributed by atoms with Gasteiger partial charge in [0.05, 0.1) is 6.61 Å². The maximum atomic E-state index is 12.3. The third-order valence-corrected chi connectivity index (χ3v) is 2.77. The number of hydrogen-bond donors (Lipinski definition) is 1. The molecule has 0 spiro atoms. The van der Waals surface area contributed by atoms with Gasteiger partial charge >= 0.3 is 0 Å². The Morgan fingerprint density at radius 3 is 2.71 bits per heavy atom. The van der Waals surface area contributed by atoms with Gasteiger partial charge < -0.3 is 14.8 Å². The second-order valence-electron chi connectivity index (χ2n) is 4.60. The van der Waals surface area contributed by atoms with Crippen molar-refractivity contribution >= 4 is 5.91 Å². The molecular weight excluding hydrogens is 268 g/mol. The molecule has 0 aliphatic heterocycles. The minimum Gasteiger partial charge on any atom is -0.438 e. The van der Waals surface area contributed by atoms with Crippen molar-refractivity contribution in [1.29, 1.82) is 0 Å². The zero-order valence-corrected chi connectivity index (χ0v) is 12.1. The van der Waals surface area contributed by atoms with Crippen molar-refractivity contribution in [3.63, 3.8) is 0 Å². The van der Waals surface area contributed by atoms with Crippen molar-refractivity contribution in [2.75, 3.05) is 13.7 Å². The Bertz CT molecular complexity index is 587. The van der Waals surface area contributed by atoms with Crippen LogP contribution in [0.4, 0.5) is 0 Å². The van der Waals surface area contributed by atoms with Gasteiger partial charge in [-0.15, -0.1) is 0 Å². The Kier molecular flexibility index (Phi) is 5.29. The van der Waals surface area contributed by atoms with Crippen molar-refractivity contribution in [2.24, 2.45) is 0 Å². The summed E-state index contributed by atoms with van der Waals surface area (Å²) in [5.41, 5.74) is 0.393. The van der Waals surface area contributed by atoms with Crippen LogP contribution in [0.15, 0.2) is 48.7 Å². The number of methoxy groups -OCH3 is 1. The standard InChI is InChI=1S/C16H18N2O3/c1-12(11-20-2)18-15(19)14-9-6-10-17-16(14)21-13-7-4-3-5-8-13/h3-10,12H,11H2,1-2H3,(H,18,19). The minimum absolute atomic E-state index is 0.0905. The summed E-state index contributed by atoms with van der Waals surface area (Å²) in [6.45, 7) is 2.32. The molecule has 1 unspecified atom stereocenters. The molecule has 1 N–H and O–H groups in total. The van der Waals surface area contributed by atoms with Gasteiger partial charge in [-0.25, -0.2) is 4.98 Å². The number of hydrogen-bond acceptors (Lipinski definition) is 4. The average Bonchev–Trinajstić information content (AvgIpc) is 2.49. The fourth-order valence-electron chi connectivity index (χ4n) is 1.84. The topological polar surface area (TPSA) is 60.5 Å². The largest absolute Gasteiger partial charge is 0.438 e. The van der Waals surface area contributed by atoms with Gasteiger partial charge in [0.25, 0.3) is 5.91 Å². The summed E-state index contributed by atoms with van der Waals surface area (Å²) in [6.07, 6.45) is 1.59. The zero-order valence-electron chi connectivity index (χ0n) is 12.1. The molecule has 0 radical (unpaired) electrons. The third-order valence-electron chi connectivity index (χ3n) is 2.77. The lowest BCUT2D eigenvalue weighted by molar-refractivity contribution is 0.0902. The van der Waals surface area contributed by atoms with E-state index in [9.17, 15) is 4.79 Å². The van der Waals surface area contributed by atoms with Crippen LogP contribution in [0.25, 0.3) is 0 Å². The number of ether oxygens (including phenoxy) is 2. The van der Waals surface area contributed by atoms with Crippen LogP contribution < -0.4 is 10.1 Å². The number of aromatic nitrogens is 1. The SMILES string of the molecule is COCC(C)NC(=O)c1cccnc1Oc1ccccc1. The fourth-order valence-corrected chi connectivity index (χ4v) is 1.84. The van der Waals surface area contributed by atoms with E-state index in [1.54, 1.807) is 25.4 Å². The summed E-state index contributed by atoms with van der Waals surface area (Å²) < 4.78 is 10.7. The van der Waals surface area contributed by atoms with E-state index in [1.165, 1.54) is 0 Å². The molecule has 5 heteroatoms. The molecule has 1 aromatic heterocycles. The third kappa shape index (κ3) is 4.29. The summed E-state index contributed by atoms with van der Waals surface area (Å²) in [6, 6.07) is 12.5. The zero-order chi connectivity index (χ0) is 15.1. The Hall–Kier alpha value is -2.40. The van der Waals surface area contributed by atoms with Gasteiger partial charge in [-0.2, -0.15) is 0 Å². The Balaban J connectivity index is 2.15. The number of rotatable bonds is 6. The van der Waals surface area contributed by atoms with Gasteiger partial charge in [0.15, 0.2) is 0 Å². The molecule has 2 aromatic rings. The molecule has 1 atom stereocenters. The van der Waals surface area contributed by atoms with Crippen molar-refractivity contribution in [1.82, 2.24) is 10.3 Å². The van der Waals surface area contributed by atoms with Crippen molar-refractivity contribution in [3.05, 3.63) is 54.2 Å². The van der Waals surface area contributed by atoms with E-state index in [2.05, 4.69) is 10.3 Å². The number of pyridine rings is 1. The molecule has 110 valence electrons. The maximum absolute atomic E-state index is 12.3. The van der Waals surface area contributed by atoms with Crippen LogP contribution in [0.5, 0.6) is 11.6 Å². The van der Waals surface area contributed by atoms with Crippen molar-refractivity contribution in [2.45, 2.75) is 13.0 Å². The van der Waals surface area contributed by atoms with Crippen LogP contribution in [0.3, 0.4) is 0 Å². The first-order valence-corrected chi connectivity index (χ1v) is 6.68. The van der Waals surface area contributed by atoms with Crippen LogP contribution in [0.2, 0.25) is 0 Å². The number of carbonyl (C=O) groups is 1. The fraction of sp³-hybridized carbons (Fsp3) is 0.250. The highest BCUT2D eigenvalue weighted by Crippen LogP contribution is 2.22. The minimum atomic E-state index is -0.237. The first-order chi connectivity index (χ1) is 10.2. The number of nitrogens with one attached hydrogen (secondary N) is 1. The molecule has 0 bridgehead atoms. The molecule has 0 aliphatic rings. The quantitative estimate of drug-likeness (QED) is 0.886. The predicted molar refractivity (Wildman–Crippen MR) is 79.6 cm³/mol. The maximum Gasteiger partial charge on any atom is 0.257 e. The summed E-state index contributed by atoms with van der Waals surface area (Å²) in [5.74, 6) is 0.680. The monoisotopic (exact) mass is 286 g/mol. The van der Waals surface area contributed by atoms with E-state index in [0.717, 1.165) is 0 Å². The second-order valence-corrected chi connectivity index (χ2v) is 4.60. The van der Waals surface area contributed by atoms with Crippen LogP contribution >= 0.6 is 0 Å². The predicted octanol–water partition coefficient (Wildman–Crippen LogP) is 2.64. The lowest BCUT2D eigenvalue weighted by atomic mass is 10.2. The molecule has 1 aromatic carbocycles. The molecule has 0 aliphatic carbocycles. The van der Waals surface area contributed by atoms with E-state index in [-0.39, 0.29) is 17.8 Å². The van der Waals surface area contributed by atoms with Gasteiger partial charge in [0, 0.05) is 19.3 Å². The molecule has 0 saturated heterocycles. The molecule has 0 saturated carbocycles.